The third-order valence-corrected chi connectivity index (χ3v) is 3.61. The molecule has 0 aromatic carbocycles. The van der Waals surface area contributed by atoms with E-state index in [1.54, 1.807) is 18.1 Å². The average molecular weight is 294 g/mol. The third-order valence-electron chi connectivity index (χ3n) is 3.61. The molecule has 2 N–H and O–H groups in total. The van der Waals surface area contributed by atoms with Gasteiger partial charge in [-0.2, -0.15) is 5.10 Å². The lowest BCUT2D eigenvalue weighted by Gasteiger charge is -2.28. The first kappa shape index (κ1) is 15.3. The topological polar surface area (TPSA) is 87.5 Å². The quantitative estimate of drug-likeness (QED) is 0.829. The van der Waals surface area contributed by atoms with Crippen LogP contribution >= 0.6 is 0 Å². The summed E-state index contributed by atoms with van der Waals surface area (Å²) in [6, 6.07) is -1.38. The lowest BCUT2D eigenvalue weighted by atomic mass is 10.1. The van der Waals surface area contributed by atoms with Crippen LogP contribution < -0.4 is 5.32 Å². The van der Waals surface area contributed by atoms with Crippen LogP contribution in [0.2, 0.25) is 0 Å². The Labute approximate surface area is 123 Å². The van der Waals surface area contributed by atoms with E-state index in [0.29, 0.717) is 18.0 Å². The van der Waals surface area contributed by atoms with Gasteiger partial charge in [0.25, 0.3) is 0 Å². The minimum atomic E-state index is -1.09. The number of aromatic nitrogens is 2. The van der Waals surface area contributed by atoms with Gasteiger partial charge in [-0.3, -0.25) is 4.68 Å². The van der Waals surface area contributed by atoms with Gasteiger partial charge in [-0.1, -0.05) is 0 Å². The summed E-state index contributed by atoms with van der Waals surface area (Å²) < 4.78 is 1.52. The Hall–Kier alpha value is -2.05. The first-order valence-electron chi connectivity index (χ1n) is 7.17. The normalized spacial score (nSPS) is 15.8. The number of carbonyl (C=O) groups excluding carboxylic acids is 1. The van der Waals surface area contributed by atoms with Crippen LogP contribution in [0, 0.1) is 5.92 Å². The highest BCUT2D eigenvalue weighted by Crippen LogP contribution is 2.30. The second kappa shape index (κ2) is 6.15. The summed E-state index contributed by atoms with van der Waals surface area (Å²) in [5.41, 5.74) is 0.466. The largest absolute Gasteiger partial charge is 0.479 e. The molecule has 7 nitrogen and oxygen atoms in total. The predicted molar refractivity (Wildman–Crippen MR) is 76.7 cm³/mol. The number of rotatable bonds is 6. The van der Waals surface area contributed by atoms with Crippen molar-refractivity contribution in [1.82, 2.24) is 20.0 Å². The molecule has 2 rings (SSSR count). The van der Waals surface area contributed by atoms with Crippen molar-refractivity contribution >= 4 is 12.0 Å². The highest BCUT2D eigenvalue weighted by atomic mass is 16.4. The summed E-state index contributed by atoms with van der Waals surface area (Å²) in [4.78, 5) is 25.5. The molecule has 1 fully saturated rings. The fourth-order valence-corrected chi connectivity index (χ4v) is 2.19. The number of hydrogen-bond donors (Lipinski definition) is 2. The number of aliphatic carboxylic acids is 1. The van der Waals surface area contributed by atoms with Gasteiger partial charge in [-0.15, -0.1) is 0 Å². The van der Waals surface area contributed by atoms with E-state index < -0.39 is 12.0 Å². The maximum Gasteiger partial charge on any atom is 0.331 e. The average Bonchev–Trinajstić information content (AvgIpc) is 3.13. The van der Waals surface area contributed by atoms with Crippen molar-refractivity contribution in [2.45, 2.75) is 38.8 Å². The van der Waals surface area contributed by atoms with Crippen molar-refractivity contribution in [3.8, 4) is 0 Å². The number of nitrogens with one attached hydrogen (secondary N) is 1. The van der Waals surface area contributed by atoms with Gasteiger partial charge in [0.2, 0.25) is 0 Å². The van der Waals surface area contributed by atoms with E-state index in [1.165, 1.54) is 10.9 Å². The SMILES string of the molecule is CC(C)N(CC1CC1)C(=O)NC(C(=O)O)c1cnn(C)c1. The first-order valence-corrected chi connectivity index (χ1v) is 7.17. The highest BCUT2D eigenvalue weighted by Gasteiger charge is 2.31. The minimum Gasteiger partial charge on any atom is -0.479 e. The molecule has 0 aliphatic heterocycles. The minimum absolute atomic E-state index is 0.0361. The fourth-order valence-electron chi connectivity index (χ4n) is 2.19. The zero-order valence-corrected chi connectivity index (χ0v) is 12.6. The molecule has 1 heterocycles. The van der Waals surface area contributed by atoms with Crippen LogP contribution in [0.5, 0.6) is 0 Å². The van der Waals surface area contributed by atoms with E-state index in [-0.39, 0.29) is 12.1 Å². The monoisotopic (exact) mass is 294 g/mol. The van der Waals surface area contributed by atoms with Crippen molar-refractivity contribution in [3.05, 3.63) is 18.0 Å². The van der Waals surface area contributed by atoms with Gasteiger partial charge in [0, 0.05) is 31.4 Å². The number of carbonyl (C=O) groups is 2. The first-order chi connectivity index (χ1) is 9.88. The van der Waals surface area contributed by atoms with Crippen LogP contribution in [0.1, 0.15) is 38.3 Å². The molecule has 116 valence electrons. The Bertz CT molecular complexity index is 522. The second-order valence-corrected chi connectivity index (χ2v) is 5.86. The van der Waals surface area contributed by atoms with Crippen molar-refractivity contribution in [3.63, 3.8) is 0 Å². The lowest BCUT2D eigenvalue weighted by molar-refractivity contribution is -0.139. The summed E-state index contributed by atoms with van der Waals surface area (Å²) in [5.74, 6) is -0.536. The number of carboxylic acids is 1. The van der Waals surface area contributed by atoms with Gasteiger partial charge in [-0.05, 0) is 32.6 Å². The van der Waals surface area contributed by atoms with Gasteiger partial charge in [0.1, 0.15) is 0 Å². The molecule has 2 amide bonds. The smallest absolute Gasteiger partial charge is 0.331 e. The highest BCUT2D eigenvalue weighted by molar-refractivity contribution is 5.83. The Morgan fingerprint density at radius 1 is 1.52 bits per heavy atom. The molecule has 0 saturated heterocycles. The molecule has 1 aromatic rings. The Balaban J connectivity index is 2.07. The summed E-state index contributed by atoms with van der Waals surface area (Å²) in [6.45, 7) is 4.55. The standard InChI is InChI=1S/C14H22N4O3/c1-9(2)18(7-10-4-5-10)14(21)16-12(13(19)20)11-6-15-17(3)8-11/h6,8-10,12H,4-5,7H2,1-3H3,(H,16,21)(H,19,20). The zero-order valence-electron chi connectivity index (χ0n) is 12.6. The van der Waals surface area contributed by atoms with E-state index in [4.69, 9.17) is 0 Å². The van der Waals surface area contributed by atoms with Crippen LogP contribution in [0.4, 0.5) is 4.79 Å². The van der Waals surface area contributed by atoms with E-state index in [9.17, 15) is 14.7 Å². The molecule has 0 spiro atoms. The third kappa shape index (κ3) is 3.96. The molecule has 1 atom stereocenters. The molecule has 1 aliphatic carbocycles. The summed E-state index contributed by atoms with van der Waals surface area (Å²) in [7, 11) is 1.71. The Kier molecular flexibility index (Phi) is 4.50. The molecular weight excluding hydrogens is 272 g/mol. The van der Waals surface area contributed by atoms with Gasteiger partial charge < -0.3 is 15.3 Å². The number of hydrogen-bond acceptors (Lipinski definition) is 3. The second-order valence-electron chi connectivity index (χ2n) is 5.86. The molecule has 7 heteroatoms. The van der Waals surface area contributed by atoms with Gasteiger partial charge in [0.15, 0.2) is 6.04 Å². The van der Waals surface area contributed by atoms with Crippen molar-refractivity contribution in [1.29, 1.82) is 0 Å². The van der Waals surface area contributed by atoms with Crippen LogP contribution in [0.25, 0.3) is 0 Å². The molecule has 1 unspecified atom stereocenters. The van der Waals surface area contributed by atoms with Gasteiger partial charge >= 0.3 is 12.0 Å². The zero-order chi connectivity index (χ0) is 15.6. The molecular formula is C14H22N4O3. The molecule has 0 radical (unpaired) electrons. The Morgan fingerprint density at radius 2 is 2.19 bits per heavy atom. The maximum atomic E-state index is 12.4. The molecule has 0 bridgehead atoms. The van der Waals surface area contributed by atoms with Crippen LogP contribution in [0.15, 0.2) is 12.4 Å². The Morgan fingerprint density at radius 3 is 2.62 bits per heavy atom. The maximum absolute atomic E-state index is 12.4. The van der Waals surface area contributed by atoms with E-state index >= 15 is 0 Å². The van der Waals surface area contributed by atoms with Crippen molar-refractivity contribution in [2.24, 2.45) is 13.0 Å². The number of aryl methyl sites for hydroxylation is 1. The van der Waals surface area contributed by atoms with Crippen LogP contribution in [-0.2, 0) is 11.8 Å². The molecule has 1 aromatic heterocycles. The number of nitrogens with zero attached hydrogens (tertiary/aromatic N) is 3. The van der Waals surface area contributed by atoms with E-state index in [2.05, 4.69) is 10.4 Å². The van der Waals surface area contributed by atoms with Crippen LogP contribution in [0.3, 0.4) is 0 Å². The predicted octanol–water partition coefficient (Wildman–Crippen LogP) is 1.38. The number of urea groups is 1. The van der Waals surface area contributed by atoms with Crippen LogP contribution in [-0.4, -0.2) is 44.4 Å². The van der Waals surface area contributed by atoms with Gasteiger partial charge in [0.05, 0.1) is 6.20 Å². The van der Waals surface area contributed by atoms with Crippen molar-refractivity contribution < 1.29 is 14.7 Å². The fraction of sp³-hybridized carbons (Fsp3) is 0.643. The lowest BCUT2D eigenvalue weighted by Crippen LogP contribution is -2.47. The molecule has 1 aliphatic rings. The summed E-state index contributed by atoms with van der Waals surface area (Å²) >= 11 is 0. The summed E-state index contributed by atoms with van der Waals surface area (Å²) in [5, 5.41) is 15.9. The summed E-state index contributed by atoms with van der Waals surface area (Å²) in [6.07, 6.45) is 5.34. The number of amides is 2. The van der Waals surface area contributed by atoms with E-state index in [0.717, 1.165) is 12.8 Å². The van der Waals surface area contributed by atoms with Crippen molar-refractivity contribution in [2.75, 3.05) is 6.54 Å². The number of carboxylic acid groups (broad SMARTS) is 1. The van der Waals surface area contributed by atoms with E-state index in [1.807, 2.05) is 13.8 Å². The molecule has 1 saturated carbocycles. The molecule has 21 heavy (non-hydrogen) atoms. The van der Waals surface area contributed by atoms with Gasteiger partial charge in [-0.25, -0.2) is 9.59 Å².